The number of hydrogen-bond donors (Lipinski definition) is 4. The third-order valence-corrected chi connectivity index (χ3v) is 1.88. The summed E-state index contributed by atoms with van der Waals surface area (Å²) < 4.78 is 0. The molecule has 1 unspecified atom stereocenters. The van der Waals surface area contributed by atoms with Crippen molar-refractivity contribution < 1.29 is 15.0 Å². The zero-order chi connectivity index (χ0) is 11.7. The summed E-state index contributed by atoms with van der Waals surface area (Å²) in [4.78, 5) is 11.2. The van der Waals surface area contributed by atoms with Gasteiger partial charge in [-0.25, -0.2) is 0 Å². The van der Waals surface area contributed by atoms with Crippen molar-refractivity contribution in [1.29, 1.82) is 0 Å². The van der Waals surface area contributed by atoms with Crippen molar-refractivity contribution in [2.75, 3.05) is 19.7 Å². The van der Waals surface area contributed by atoms with E-state index >= 15 is 0 Å². The van der Waals surface area contributed by atoms with Crippen molar-refractivity contribution in [3.63, 3.8) is 0 Å². The van der Waals surface area contributed by atoms with E-state index in [4.69, 9.17) is 10.2 Å². The summed E-state index contributed by atoms with van der Waals surface area (Å²) in [5.74, 6) is -0.0898. The molecule has 90 valence electrons. The summed E-state index contributed by atoms with van der Waals surface area (Å²) in [7, 11) is 0. The van der Waals surface area contributed by atoms with Crippen molar-refractivity contribution in [2.24, 2.45) is 0 Å². The second-order valence-corrected chi connectivity index (χ2v) is 3.85. The maximum absolute atomic E-state index is 11.2. The number of nitrogens with one attached hydrogen (secondary N) is 2. The molecule has 0 fully saturated rings. The maximum atomic E-state index is 11.2. The van der Waals surface area contributed by atoms with Gasteiger partial charge in [-0.15, -0.1) is 0 Å². The van der Waals surface area contributed by atoms with Gasteiger partial charge in [0.05, 0.1) is 12.7 Å². The summed E-state index contributed by atoms with van der Waals surface area (Å²) in [6.45, 7) is 4.71. The molecule has 1 amide bonds. The fourth-order valence-corrected chi connectivity index (χ4v) is 1.02. The van der Waals surface area contributed by atoms with E-state index in [1.165, 1.54) is 0 Å². The van der Waals surface area contributed by atoms with Crippen LogP contribution in [-0.4, -0.2) is 48.0 Å². The smallest absolute Gasteiger partial charge is 0.220 e. The summed E-state index contributed by atoms with van der Waals surface area (Å²) in [6, 6.07) is 0.435. The van der Waals surface area contributed by atoms with Crippen LogP contribution in [0, 0.1) is 0 Å². The molecule has 0 aromatic heterocycles. The predicted octanol–water partition coefficient (Wildman–Crippen LogP) is -0.766. The lowest BCUT2D eigenvalue weighted by molar-refractivity contribution is -0.121. The third kappa shape index (κ3) is 9.65. The van der Waals surface area contributed by atoms with Crippen LogP contribution in [0.25, 0.3) is 0 Å². The number of hydrogen-bond acceptors (Lipinski definition) is 4. The minimum atomic E-state index is -0.859. The number of aliphatic hydroxyl groups is 2. The van der Waals surface area contributed by atoms with Gasteiger partial charge in [-0.2, -0.15) is 0 Å². The van der Waals surface area contributed by atoms with Gasteiger partial charge in [-0.3, -0.25) is 4.79 Å². The average Bonchev–Trinajstić information content (AvgIpc) is 2.20. The van der Waals surface area contributed by atoms with Crippen LogP contribution in [0.3, 0.4) is 0 Å². The molecule has 5 heteroatoms. The van der Waals surface area contributed by atoms with Crippen LogP contribution in [0.4, 0.5) is 0 Å². The van der Waals surface area contributed by atoms with Crippen LogP contribution in [-0.2, 0) is 4.79 Å². The first-order valence-electron chi connectivity index (χ1n) is 5.35. The Balaban J connectivity index is 3.34. The van der Waals surface area contributed by atoms with Gasteiger partial charge in [0.1, 0.15) is 0 Å². The van der Waals surface area contributed by atoms with Crippen LogP contribution in [0.5, 0.6) is 0 Å². The number of amides is 1. The molecule has 0 rings (SSSR count). The van der Waals surface area contributed by atoms with Gasteiger partial charge in [-0.05, 0) is 13.0 Å². The van der Waals surface area contributed by atoms with E-state index in [1.54, 1.807) is 0 Å². The lowest BCUT2D eigenvalue weighted by Gasteiger charge is -2.10. The van der Waals surface area contributed by atoms with Crippen LogP contribution in [0.15, 0.2) is 0 Å². The monoisotopic (exact) mass is 218 g/mol. The highest BCUT2D eigenvalue weighted by molar-refractivity contribution is 5.75. The SMILES string of the molecule is CC(C)NCCCC(=O)NCC(O)CO. The van der Waals surface area contributed by atoms with Crippen molar-refractivity contribution >= 4 is 5.91 Å². The highest BCUT2D eigenvalue weighted by Crippen LogP contribution is 1.89. The largest absolute Gasteiger partial charge is 0.394 e. The lowest BCUT2D eigenvalue weighted by atomic mass is 10.2. The Hall–Kier alpha value is -0.650. The van der Waals surface area contributed by atoms with E-state index in [0.29, 0.717) is 12.5 Å². The molecule has 0 radical (unpaired) electrons. The quantitative estimate of drug-likeness (QED) is 0.403. The number of carbonyl (C=O) groups excluding carboxylic acids is 1. The molecular weight excluding hydrogens is 196 g/mol. The maximum Gasteiger partial charge on any atom is 0.220 e. The fraction of sp³-hybridized carbons (Fsp3) is 0.900. The number of carbonyl (C=O) groups is 1. The summed E-state index contributed by atoms with van der Waals surface area (Å²) in [5.41, 5.74) is 0. The first kappa shape index (κ1) is 14.3. The molecule has 0 aromatic carbocycles. The minimum absolute atomic E-state index is 0.0898. The van der Waals surface area contributed by atoms with Gasteiger partial charge >= 0.3 is 0 Å². The minimum Gasteiger partial charge on any atom is -0.394 e. The van der Waals surface area contributed by atoms with Crippen molar-refractivity contribution in [3.8, 4) is 0 Å². The summed E-state index contributed by atoms with van der Waals surface area (Å²) >= 11 is 0. The van der Waals surface area contributed by atoms with Crippen molar-refractivity contribution in [1.82, 2.24) is 10.6 Å². The van der Waals surface area contributed by atoms with E-state index < -0.39 is 6.10 Å². The highest BCUT2D eigenvalue weighted by Gasteiger charge is 2.05. The van der Waals surface area contributed by atoms with Crippen LogP contribution in [0.1, 0.15) is 26.7 Å². The second-order valence-electron chi connectivity index (χ2n) is 3.85. The van der Waals surface area contributed by atoms with Gasteiger partial charge in [0.25, 0.3) is 0 Å². The first-order chi connectivity index (χ1) is 7.06. The predicted molar refractivity (Wildman–Crippen MR) is 58.5 cm³/mol. The zero-order valence-corrected chi connectivity index (χ0v) is 9.49. The van der Waals surface area contributed by atoms with E-state index in [1.807, 2.05) is 0 Å². The third-order valence-electron chi connectivity index (χ3n) is 1.88. The summed E-state index contributed by atoms with van der Waals surface area (Å²) in [6.07, 6.45) is 0.361. The van der Waals surface area contributed by atoms with Crippen LogP contribution in [0.2, 0.25) is 0 Å². The molecule has 0 saturated carbocycles. The Bertz CT molecular complexity index is 174. The molecule has 0 saturated heterocycles. The molecule has 4 N–H and O–H groups in total. The Morgan fingerprint density at radius 2 is 2.07 bits per heavy atom. The molecule has 0 bridgehead atoms. The van der Waals surface area contributed by atoms with Gasteiger partial charge in [0.15, 0.2) is 0 Å². The van der Waals surface area contributed by atoms with Crippen LogP contribution < -0.4 is 10.6 Å². The molecule has 0 spiro atoms. The first-order valence-corrected chi connectivity index (χ1v) is 5.35. The molecule has 15 heavy (non-hydrogen) atoms. The molecular formula is C10H22N2O3. The molecule has 0 aliphatic carbocycles. The van der Waals surface area contributed by atoms with E-state index in [2.05, 4.69) is 24.5 Å². The summed E-state index contributed by atoms with van der Waals surface area (Å²) in [5, 5.41) is 23.2. The Morgan fingerprint density at radius 3 is 2.60 bits per heavy atom. The number of aliphatic hydroxyl groups excluding tert-OH is 2. The Kier molecular flexibility index (Phi) is 8.27. The standard InChI is InChI=1S/C10H22N2O3/c1-8(2)11-5-3-4-10(15)12-6-9(14)7-13/h8-9,11,13-14H,3-7H2,1-2H3,(H,12,15). The topological polar surface area (TPSA) is 81.6 Å². The average molecular weight is 218 g/mol. The normalized spacial score (nSPS) is 12.9. The second kappa shape index (κ2) is 8.64. The molecule has 0 aromatic rings. The van der Waals surface area contributed by atoms with Gasteiger partial charge < -0.3 is 20.8 Å². The fourth-order valence-electron chi connectivity index (χ4n) is 1.02. The highest BCUT2D eigenvalue weighted by atomic mass is 16.3. The lowest BCUT2D eigenvalue weighted by Crippen LogP contribution is -2.34. The van der Waals surface area contributed by atoms with E-state index in [0.717, 1.165) is 13.0 Å². The van der Waals surface area contributed by atoms with Crippen molar-refractivity contribution in [3.05, 3.63) is 0 Å². The van der Waals surface area contributed by atoms with Crippen molar-refractivity contribution in [2.45, 2.75) is 38.8 Å². The van der Waals surface area contributed by atoms with E-state index in [-0.39, 0.29) is 19.1 Å². The molecule has 0 heterocycles. The number of rotatable bonds is 8. The zero-order valence-electron chi connectivity index (χ0n) is 9.49. The van der Waals surface area contributed by atoms with Crippen LogP contribution >= 0.6 is 0 Å². The van der Waals surface area contributed by atoms with Gasteiger partial charge in [0.2, 0.25) is 5.91 Å². The molecule has 5 nitrogen and oxygen atoms in total. The van der Waals surface area contributed by atoms with E-state index in [9.17, 15) is 4.79 Å². The molecule has 0 aliphatic rings. The molecule has 0 aliphatic heterocycles. The van der Waals surface area contributed by atoms with Gasteiger partial charge in [-0.1, -0.05) is 13.8 Å². The Labute approximate surface area is 90.9 Å². The Morgan fingerprint density at radius 1 is 1.40 bits per heavy atom. The van der Waals surface area contributed by atoms with Gasteiger partial charge in [0, 0.05) is 19.0 Å². The molecule has 1 atom stereocenters.